The van der Waals surface area contributed by atoms with Crippen LogP contribution in [-0.2, 0) is 5.54 Å². The highest BCUT2D eigenvalue weighted by Gasteiger charge is 2.36. The normalized spacial score (nSPS) is 23.7. The molecule has 0 saturated heterocycles. The van der Waals surface area contributed by atoms with Gasteiger partial charge in [0.05, 0.1) is 0 Å². The van der Waals surface area contributed by atoms with E-state index in [-0.39, 0.29) is 5.54 Å². The highest BCUT2D eigenvalue weighted by atomic mass is 14.8. The van der Waals surface area contributed by atoms with E-state index < -0.39 is 0 Å². The third-order valence-electron chi connectivity index (χ3n) is 3.63. The highest BCUT2D eigenvalue weighted by molar-refractivity contribution is 5.18. The summed E-state index contributed by atoms with van der Waals surface area (Å²) in [6, 6.07) is 0. The van der Waals surface area contributed by atoms with Gasteiger partial charge in [-0.25, -0.2) is 9.97 Å². The molecule has 0 amide bonds. The summed E-state index contributed by atoms with van der Waals surface area (Å²) in [5.41, 5.74) is 7.75. The Balaban J connectivity index is 2.17. The third-order valence-corrected chi connectivity index (χ3v) is 3.63. The van der Waals surface area contributed by atoms with E-state index in [0.717, 1.165) is 18.4 Å². The minimum atomic E-state index is -0.198. The molecular formula is C12H19N3. The van der Waals surface area contributed by atoms with Gasteiger partial charge in [0, 0.05) is 23.5 Å². The average Bonchev–Trinajstić information content (AvgIpc) is 2.24. The van der Waals surface area contributed by atoms with Crippen molar-refractivity contribution in [2.75, 3.05) is 0 Å². The van der Waals surface area contributed by atoms with Gasteiger partial charge in [0.15, 0.2) is 0 Å². The Bertz CT molecular complexity index is 322. The lowest BCUT2D eigenvalue weighted by Gasteiger charge is -2.41. The van der Waals surface area contributed by atoms with E-state index in [1.807, 2.05) is 12.4 Å². The highest BCUT2D eigenvalue weighted by Crippen LogP contribution is 2.43. The van der Waals surface area contributed by atoms with Crippen molar-refractivity contribution in [1.82, 2.24) is 9.97 Å². The Morgan fingerprint density at radius 3 is 2.13 bits per heavy atom. The summed E-state index contributed by atoms with van der Waals surface area (Å²) in [7, 11) is 0. The molecule has 0 spiro atoms. The second kappa shape index (κ2) is 3.56. The monoisotopic (exact) mass is 205 g/mol. The van der Waals surface area contributed by atoms with Crippen LogP contribution in [0.3, 0.4) is 0 Å². The molecule has 2 N–H and O–H groups in total. The van der Waals surface area contributed by atoms with Gasteiger partial charge in [0.2, 0.25) is 0 Å². The second-order valence-electron chi connectivity index (χ2n) is 5.45. The molecule has 3 heteroatoms. The number of hydrogen-bond acceptors (Lipinski definition) is 3. The Hall–Kier alpha value is -0.960. The van der Waals surface area contributed by atoms with Crippen molar-refractivity contribution in [1.29, 1.82) is 0 Å². The minimum Gasteiger partial charge on any atom is -0.321 e. The van der Waals surface area contributed by atoms with E-state index in [1.54, 1.807) is 6.33 Å². The lowest BCUT2D eigenvalue weighted by Crippen LogP contribution is -2.42. The molecule has 82 valence electrons. The van der Waals surface area contributed by atoms with Gasteiger partial charge >= 0.3 is 0 Å². The summed E-state index contributed by atoms with van der Waals surface area (Å²) < 4.78 is 0. The van der Waals surface area contributed by atoms with Crippen LogP contribution in [0.4, 0.5) is 0 Å². The van der Waals surface area contributed by atoms with Gasteiger partial charge in [-0.1, -0.05) is 13.8 Å². The van der Waals surface area contributed by atoms with Crippen LogP contribution in [0.1, 0.15) is 45.1 Å². The van der Waals surface area contributed by atoms with E-state index in [9.17, 15) is 0 Å². The maximum Gasteiger partial charge on any atom is 0.115 e. The molecular weight excluding hydrogens is 186 g/mol. The lowest BCUT2D eigenvalue weighted by atomic mass is 9.68. The van der Waals surface area contributed by atoms with Crippen LogP contribution in [0.25, 0.3) is 0 Å². The fourth-order valence-electron chi connectivity index (χ4n) is 2.22. The number of nitrogens with zero attached hydrogens (tertiary/aromatic N) is 2. The van der Waals surface area contributed by atoms with Crippen LogP contribution in [0, 0.1) is 5.41 Å². The predicted molar refractivity (Wildman–Crippen MR) is 60.1 cm³/mol. The molecule has 0 atom stereocenters. The zero-order chi connectivity index (χ0) is 10.9. The molecule has 0 aromatic carbocycles. The van der Waals surface area contributed by atoms with Gasteiger partial charge in [0.1, 0.15) is 6.33 Å². The van der Waals surface area contributed by atoms with Gasteiger partial charge in [-0.2, -0.15) is 0 Å². The number of aromatic nitrogens is 2. The lowest BCUT2D eigenvalue weighted by molar-refractivity contribution is 0.165. The Morgan fingerprint density at radius 2 is 1.60 bits per heavy atom. The van der Waals surface area contributed by atoms with Gasteiger partial charge in [0.25, 0.3) is 0 Å². The fourth-order valence-corrected chi connectivity index (χ4v) is 2.22. The summed E-state index contributed by atoms with van der Waals surface area (Å²) in [6.45, 7) is 4.63. The van der Waals surface area contributed by atoms with E-state index in [4.69, 9.17) is 5.73 Å². The molecule has 1 aliphatic carbocycles. The summed E-state index contributed by atoms with van der Waals surface area (Å²) in [5, 5.41) is 0. The molecule has 1 aromatic rings. The summed E-state index contributed by atoms with van der Waals surface area (Å²) in [4.78, 5) is 8.10. The molecule has 1 saturated carbocycles. The predicted octanol–water partition coefficient (Wildman–Crippen LogP) is 2.23. The molecule has 1 aromatic heterocycles. The van der Waals surface area contributed by atoms with Crippen molar-refractivity contribution in [3.63, 3.8) is 0 Å². The van der Waals surface area contributed by atoms with Crippen molar-refractivity contribution in [3.05, 3.63) is 24.3 Å². The van der Waals surface area contributed by atoms with Gasteiger partial charge < -0.3 is 5.73 Å². The molecule has 1 heterocycles. The third kappa shape index (κ3) is 2.17. The number of nitrogens with two attached hydrogens (primary N) is 1. The summed E-state index contributed by atoms with van der Waals surface area (Å²) in [6.07, 6.45) is 9.69. The molecule has 2 rings (SSSR count). The van der Waals surface area contributed by atoms with E-state index in [2.05, 4.69) is 23.8 Å². The van der Waals surface area contributed by atoms with Crippen molar-refractivity contribution >= 4 is 0 Å². The van der Waals surface area contributed by atoms with Crippen molar-refractivity contribution in [2.24, 2.45) is 11.1 Å². The Labute approximate surface area is 91.1 Å². The van der Waals surface area contributed by atoms with Crippen LogP contribution in [0.15, 0.2) is 18.7 Å². The van der Waals surface area contributed by atoms with Crippen LogP contribution in [-0.4, -0.2) is 9.97 Å². The summed E-state index contributed by atoms with van der Waals surface area (Å²) >= 11 is 0. The second-order valence-corrected chi connectivity index (χ2v) is 5.45. The first-order valence-corrected chi connectivity index (χ1v) is 5.56. The van der Waals surface area contributed by atoms with Crippen molar-refractivity contribution in [3.8, 4) is 0 Å². The van der Waals surface area contributed by atoms with E-state index >= 15 is 0 Å². The Morgan fingerprint density at radius 1 is 1.07 bits per heavy atom. The van der Waals surface area contributed by atoms with Gasteiger partial charge in [-0.3, -0.25) is 0 Å². The molecule has 15 heavy (non-hydrogen) atoms. The maximum absolute atomic E-state index is 6.42. The molecule has 0 bridgehead atoms. The first-order valence-electron chi connectivity index (χ1n) is 5.56. The summed E-state index contributed by atoms with van der Waals surface area (Å²) in [5.74, 6) is 0. The topological polar surface area (TPSA) is 51.8 Å². The van der Waals surface area contributed by atoms with Crippen LogP contribution < -0.4 is 5.73 Å². The minimum absolute atomic E-state index is 0.198. The van der Waals surface area contributed by atoms with E-state index in [0.29, 0.717) is 5.41 Å². The average molecular weight is 205 g/mol. The SMILES string of the molecule is CC1(C)CCC(N)(c2cncnc2)CC1. The Kier molecular flexibility index (Phi) is 2.51. The molecule has 0 radical (unpaired) electrons. The smallest absolute Gasteiger partial charge is 0.115 e. The van der Waals surface area contributed by atoms with Crippen molar-refractivity contribution < 1.29 is 0 Å². The molecule has 0 aliphatic heterocycles. The number of rotatable bonds is 1. The zero-order valence-electron chi connectivity index (χ0n) is 9.53. The van der Waals surface area contributed by atoms with Crippen LogP contribution in [0.5, 0.6) is 0 Å². The molecule has 1 fully saturated rings. The largest absolute Gasteiger partial charge is 0.321 e. The molecule has 0 unspecified atom stereocenters. The quantitative estimate of drug-likeness (QED) is 0.765. The van der Waals surface area contributed by atoms with Crippen LogP contribution in [0.2, 0.25) is 0 Å². The van der Waals surface area contributed by atoms with E-state index in [1.165, 1.54) is 12.8 Å². The van der Waals surface area contributed by atoms with Crippen molar-refractivity contribution in [2.45, 2.75) is 45.1 Å². The first kappa shape index (κ1) is 10.6. The molecule has 3 nitrogen and oxygen atoms in total. The van der Waals surface area contributed by atoms with Crippen LogP contribution >= 0.6 is 0 Å². The molecule has 1 aliphatic rings. The maximum atomic E-state index is 6.42. The standard InChI is InChI=1S/C12H19N3/c1-11(2)3-5-12(13,6-4-11)10-7-14-9-15-8-10/h7-9H,3-6,13H2,1-2H3. The zero-order valence-corrected chi connectivity index (χ0v) is 9.53. The van der Waals surface area contributed by atoms with Gasteiger partial charge in [-0.05, 0) is 31.1 Å². The van der Waals surface area contributed by atoms with Gasteiger partial charge in [-0.15, -0.1) is 0 Å². The first-order chi connectivity index (χ1) is 7.02. The fraction of sp³-hybridized carbons (Fsp3) is 0.667. The number of hydrogen-bond donors (Lipinski definition) is 1.